The fourth-order valence-electron chi connectivity index (χ4n) is 4.87. The second kappa shape index (κ2) is 11.5. The standard InChI is InChI=1S/C30H32N2O5S/c1-23-16-17-27(37-23)20-31(19-24-9-3-2-4-10-24)30(33)22-32(21-26-13-8-18-36-26)38(34,35)29-15-7-12-25-11-5-6-14-28(25)29/h2-7,9-12,14-17,26H,8,13,18-22H2,1H3. The van der Waals surface area contributed by atoms with E-state index in [9.17, 15) is 13.2 Å². The van der Waals surface area contributed by atoms with Gasteiger partial charge in [-0.3, -0.25) is 4.79 Å². The normalized spacial score (nSPS) is 15.8. The van der Waals surface area contributed by atoms with Gasteiger partial charge in [-0.2, -0.15) is 4.31 Å². The molecule has 8 heteroatoms. The third-order valence-electron chi connectivity index (χ3n) is 6.82. The molecule has 1 aliphatic rings. The molecular formula is C30H32N2O5S. The van der Waals surface area contributed by atoms with Crippen LogP contribution in [0.4, 0.5) is 0 Å². The molecule has 5 rings (SSSR count). The van der Waals surface area contributed by atoms with Gasteiger partial charge in [-0.05, 0) is 48.9 Å². The molecule has 1 aromatic heterocycles. The number of hydrogen-bond acceptors (Lipinski definition) is 5. The SMILES string of the molecule is Cc1ccc(CN(Cc2ccccc2)C(=O)CN(CC2CCCO2)S(=O)(=O)c2cccc3ccccc23)o1. The van der Waals surface area contributed by atoms with Crippen molar-refractivity contribution in [2.45, 2.75) is 43.9 Å². The van der Waals surface area contributed by atoms with Crippen molar-refractivity contribution in [3.63, 3.8) is 0 Å². The summed E-state index contributed by atoms with van der Waals surface area (Å²) in [4.78, 5) is 15.7. The summed E-state index contributed by atoms with van der Waals surface area (Å²) in [5.74, 6) is 1.10. The second-order valence-corrected chi connectivity index (χ2v) is 11.6. The van der Waals surface area contributed by atoms with E-state index in [0.29, 0.717) is 24.3 Å². The van der Waals surface area contributed by atoms with Crippen LogP contribution in [0.1, 0.15) is 29.9 Å². The zero-order valence-electron chi connectivity index (χ0n) is 21.5. The average molecular weight is 533 g/mol. The first kappa shape index (κ1) is 26.2. The van der Waals surface area contributed by atoms with Gasteiger partial charge in [0.05, 0.1) is 24.1 Å². The van der Waals surface area contributed by atoms with Crippen molar-refractivity contribution in [3.05, 3.63) is 102 Å². The number of benzene rings is 3. The Morgan fingerprint density at radius 2 is 1.68 bits per heavy atom. The van der Waals surface area contributed by atoms with Crippen molar-refractivity contribution in [1.82, 2.24) is 9.21 Å². The van der Waals surface area contributed by atoms with Gasteiger partial charge in [0.2, 0.25) is 15.9 Å². The van der Waals surface area contributed by atoms with Crippen LogP contribution in [-0.2, 0) is 32.6 Å². The Kier molecular flexibility index (Phi) is 7.93. The number of hydrogen-bond donors (Lipinski definition) is 0. The molecular weight excluding hydrogens is 500 g/mol. The average Bonchev–Trinajstić information content (AvgIpc) is 3.59. The molecule has 0 radical (unpaired) electrons. The summed E-state index contributed by atoms with van der Waals surface area (Å²) in [7, 11) is -4.00. The van der Waals surface area contributed by atoms with Gasteiger partial charge >= 0.3 is 0 Å². The van der Waals surface area contributed by atoms with Crippen molar-refractivity contribution in [1.29, 1.82) is 0 Å². The Labute approximate surface area is 223 Å². The third-order valence-corrected chi connectivity index (χ3v) is 8.69. The first-order valence-corrected chi connectivity index (χ1v) is 14.3. The van der Waals surface area contributed by atoms with Crippen LogP contribution in [0.3, 0.4) is 0 Å². The van der Waals surface area contributed by atoms with Gasteiger partial charge in [0.1, 0.15) is 11.5 Å². The van der Waals surface area contributed by atoms with Crippen molar-refractivity contribution in [2.75, 3.05) is 19.7 Å². The number of rotatable bonds is 10. The minimum absolute atomic E-state index is 0.121. The van der Waals surface area contributed by atoms with Crippen LogP contribution in [0.15, 0.2) is 94.2 Å². The molecule has 1 fully saturated rings. The smallest absolute Gasteiger partial charge is 0.244 e. The number of sulfonamides is 1. The highest BCUT2D eigenvalue weighted by molar-refractivity contribution is 7.89. The van der Waals surface area contributed by atoms with E-state index in [0.717, 1.165) is 29.6 Å². The molecule has 3 aromatic carbocycles. The molecule has 0 spiro atoms. The Balaban J connectivity index is 1.47. The molecule has 0 bridgehead atoms. The number of nitrogens with zero attached hydrogens (tertiary/aromatic N) is 2. The van der Waals surface area contributed by atoms with Gasteiger partial charge < -0.3 is 14.1 Å². The summed E-state index contributed by atoms with van der Waals surface area (Å²) in [6.07, 6.45) is 1.39. The topological polar surface area (TPSA) is 80.1 Å². The Morgan fingerprint density at radius 1 is 0.921 bits per heavy atom. The summed E-state index contributed by atoms with van der Waals surface area (Å²) in [6.45, 7) is 2.85. The molecule has 1 aliphatic heterocycles. The van der Waals surface area contributed by atoms with Crippen LogP contribution in [-0.4, -0.2) is 49.3 Å². The zero-order valence-corrected chi connectivity index (χ0v) is 22.3. The highest BCUT2D eigenvalue weighted by atomic mass is 32.2. The second-order valence-electron chi connectivity index (χ2n) is 9.66. The number of carbonyl (C=O) groups is 1. The summed E-state index contributed by atoms with van der Waals surface area (Å²) < 4.78 is 41.0. The van der Waals surface area contributed by atoms with Gasteiger partial charge in [0.25, 0.3) is 0 Å². The quantitative estimate of drug-likeness (QED) is 0.283. The maximum absolute atomic E-state index is 14.1. The molecule has 1 saturated heterocycles. The predicted molar refractivity (Wildman–Crippen MR) is 146 cm³/mol. The fraction of sp³-hybridized carbons (Fsp3) is 0.300. The van der Waals surface area contributed by atoms with E-state index in [1.54, 1.807) is 23.1 Å². The summed E-state index contributed by atoms with van der Waals surface area (Å²) >= 11 is 0. The fourth-order valence-corrected chi connectivity index (χ4v) is 6.50. The predicted octanol–water partition coefficient (Wildman–Crippen LogP) is 5.14. The minimum Gasteiger partial charge on any atom is -0.464 e. The maximum Gasteiger partial charge on any atom is 0.244 e. The monoisotopic (exact) mass is 532 g/mol. The number of amides is 1. The van der Waals surface area contributed by atoms with Crippen LogP contribution in [0.2, 0.25) is 0 Å². The molecule has 1 unspecified atom stereocenters. The van der Waals surface area contributed by atoms with Crippen LogP contribution >= 0.6 is 0 Å². The lowest BCUT2D eigenvalue weighted by atomic mass is 10.1. The molecule has 0 N–H and O–H groups in total. The largest absolute Gasteiger partial charge is 0.464 e. The van der Waals surface area contributed by atoms with Gasteiger partial charge in [-0.15, -0.1) is 0 Å². The summed E-state index contributed by atoms with van der Waals surface area (Å²) in [6, 6.07) is 26.0. The summed E-state index contributed by atoms with van der Waals surface area (Å²) in [5, 5.41) is 1.46. The van der Waals surface area contributed by atoms with E-state index < -0.39 is 10.0 Å². The van der Waals surface area contributed by atoms with Crippen molar-refractivity contribution in [2.24, 2.45) is 0 Å². The van der Waals surface area contributed by atoms with Crippen LogP contribution in [0, 0.1) is 6.92 Å². The highest BCUT2D eigenvalue weighted by Gasteiger charge is 2.33. The lowest BCUT2D eigenvalue weighted by molar-refractivity contribution is -0.133. The van der Waals surface area contributed by atoms with Crippen molar-refractivity contribution in [3.8, 4) is 0 Å². The Morgan fingerprint density at radius 3 is 2.42 bits per heavy atom. The lowest BCUT2D eigenvalue weighted by Crippen LogP contribution is -2.45. The van der Waals surface area contributed by atoms with E-state index in [-0.39, 0.29) is 36.5 Å². The third kappa shape index (κ3) is 5.99. The lowest BCUT2D eigenvalue weighted by Gasteiger charge is -2.28. The number of carbonyl (C=O) groups excluding carboxylic acids is 1. The van der Waals surface area contributed by atoms with E-state index >= 15 is 0 Å². The van der Waals surface area contributed by atoms with E-state index in [1.165, 1.54) is 4.31 Å². The Bertz CT molecular complexity index is 1490. The molecule has 7 nitrogen and oxygen atoms in total. The molecule has 38 heavy (non-hydrogen) atoms. The molecule has 4 aromatic rings. The first-order chi connectivity index (χ1) is 18.4. The van der Waals surface area contributed by atoms with E-state index in [2.05, 4.69) is 0 Å². The number of ether oxygens (including phenoxy) is 1. The van der Waals surface area contributed by atoms with Crippen LogP contribution < -0.4 is 0 Å². The van der Waals surface area contributed by atoms with Crippen molar-refractivity contribution >= 4 is 26.7 Å². The van der Waals surface area contributed by atoms with Gasteiger partial charge in [0.15, 0.2) is 0 Å². The van der Waals surface area contributed by atoms with Crippen LogP contribution in [0.5, 0.6) is 0 Å². The Hall–Kier alpha value is -3.46. The molecule has 1 amide bonds. The zero-order chi connectivity index (χ0) is 26.5. The summed E-state index contributed by atoms with van der Waals surface area (Å²) in [5.41, 5.74) is 0.951. The van der Waals surface area contributed by atoms with Crippen molar-refractivity contribution < 1.29 is 22.4 Å². The first-order valence-electron chi connectivity index (χ1n) is 12.9. The number of furan rings is 1. The van der Waals surface area contributed by atoms with E-state index in [1.807, 2.05) is 73.7 Å². The molecule has 198 valence electrons. The molecule has 2 heterocycles. The minimum atomic E-state index is -4.00. The van der Waals surface area contributed by atoms with Gasteiger partial charge in [-0.1, -0.05) is 66.7 Å². The van der Waals surface area contributed by atoms with Gasteiger partial charge in [-0.25, -0.2) is 8.42 Å². The molecule has 1 atom stereocenters. The number of fused-ring (bicyclic) bond motifs is 1. The molecule has 0 aliphatic carbocycles. The van der Waals surface area contributed by atoms with Gasteiger partial charge in [0, 0.05) is 25.1 Å². The highest BCUT2D eigenvalue weighted by Crippen LogP contribution is 2.27. The maximum atomic E-state index is 14.1. The molecule has 0 saturated carbocycles. The van der Waals surface area contributed by atoms with E-state index in [4.69, 9.17) is 9.15 Å². The number of aryl methyl sites for hydroxylation is 1. The van der Waals surface area contributed by atoms with Crippen LogP contribution in [0.25, 0.3) is 10.8 Å².